The lowest BCUT2D eigenvalue weighted by molar-refractivity contribution is 0.457. The Hall–Kier alpha value is -1.28. The second-order valence-electron chi connectivity index (χ2n) is 5.40. The monoisotopic (exact) mass is 236 g/mol. The van der Waals surface area contributed by atoms with Crippen molar-refractivity contribution < 1.29 is 0 Å². The first-order valence-corrected chi connectivity index (χ1v) is 6.01. The Bertz CT molecular complexity index is 453. The van der Waals surface area contributed by atoms with Crippen molar-refractivity contribution in [1.82, 2.24) is 4.37 Å². The number of hydrogen-bond donors (Lipinski definition) is 2. The van der Waals surface area contributed by atoms with Crippen molar-refractivity contribution in [2.75, 3.05) is 11.1 Å². The van der Waals surface area contributed by atoms with Crippen molar-refractivity contribution in [3.05, 3.63) is 5.56 Å². The minimum absolute atomic E-state index is 0.235. The highest BCUT2D eigenvalue weighted by molar-refractivity contribution is 7.10. The molecule has 0 aromatic carbocycles. The van der Waals surface area contributed by atoms with Gasteiger partial charge in [-0.15, -0.1) is 0 Å². The number of anilines is 2. The molecule has 86 valence electrons. The minimum atomic E-state index is 0.235. The molecular weight excluding hydrogens is 220 g/mol. The van der Waals surface area contributed by atoms with Crippen LogP contribution in [0.2, 0.25) is 0 Å². The van der Waals surface area contributed by atoms with Crippen LogP contribution in [0.4, 0.5) is 10.8 Å². The van der Waals surface area contributed by atoms with Gasteiger partial charge in [0.15, 0.2) is 5.82 Å². The molecule has 0 unspecified atom stereocenters. The van der Waals surface area contributed by atoms with Crippen LogP contribution in [0.25, 0.3) is 0 Å². The molecule has 1 heterocycles. The SMILES string of the molecule is CC1(C)C(Nc2snc(N)c2C#N)C1(C)C. The normalized spacial score (nSPS) is 21.4. The largest absolute Gasteiger partial charge is 0.382 e. The van der Waals surface area contributed by atoms with Gasteiger partial charge in [0, 0.05) is 6.04 Å². The first-order chi connectivity index (χ1) is 7.32. The van der Waals surface area contributed by atoms with E-state index in [1.807, 2.05) is 0 Å². The van der Waals surface area contributed by atoms with Gasteiger partial charge >= 0.3 is 0 Å². The summed E-state index contributed by atoms with van der Waals surface area (Å²) in [5.74, 6) is 0.325. The lowest BCUT2D eigenvalue weighted by Crippen LogP contribution is -2.09. The van der Waals surface area contributed by atoms with Crippen LogP contribution in [-0.4, -0.2) is 10.4 Å². The second kappa shape index (κ2) is 3.11. The van der Waals surface area contributed by atoms with E-state index >= 15 is 0 Å². The molecule has 5 heteroatoms. The van der Waals surface area contributed by atoms with E-state index in [2.05, 4.69) is 43.5 Å². The van der Waals surface area contributed by atoms with Crippen LogP contribution in [0.3, 0.4) is 0 Å². The van der Waals surface area contributed by atoms with E-state index in [0.29, 0.717) is 17.4 Å². The van der Waals surface area contributed by atoms with E-state index in [4.69, 9.17) is 11.0 Å². The second-order valence-corrected chi connectivity index (χ2v) is 6.18. The summed E-state index contributed by atoms with van der Waals surface area (Å²) in [7, 11) is 0. The predicted molar refractivity (Wildman–Crippen MR) is 66.2 cm³/mol. The third-order valence-electron chi connectivity index (χ3n) is 4.13. The van der Waals surface area contributed by atoms with Crippen molar-refractivity contribution in [3.8, 4) is 6.07 Å². The molecule has 1 aromatic heterocycles. The summed E-state index contributed by atoms with van der Waals surface area (Å²) in [5.41, 5.74) is 6.56. The predicted octanol–water partition coefficient (Wildman–Crippen LogP) is 2.44. The van der Waals surface area contributed by atoms with E-state index in [9.17, 15) is 0 Å². The quantitative estimate of drug-likeness (QED) is 0.827. The van der Waals surface area contributed by atoms with Gasteiger partial charge in [-0.3, -0.25) is 0 Å². The summed E-state index contributed by atoms with van der Waals surface area (Å²) in [5, 5.41) is 13.2. The molecule has 1 fully saturated rings. The lowest BCUT2D eigenvalue weighted by atomic mass is 10.0. The van der Waals surface area contributed by atoms with Crippen LogP contribution in [-0.2, 0) is 0 Å². The lowest BCUT2D eigenvalue weighted by Gasteiger charge is -2.04. The molecule has 0 aliphatic heterocycles. The summed E-state index contributed by atoms with van der Waals surface area (Å²) in [6, 6.07) is 2.46. The molecule has 1 aliphatic carbocycles. The van der Waals surface area contributed by atoms with Gasteiger partial charge in [0.2, 0.25) is 0 Å². The van der Waals surface area contributed by atoms with Gasteiger partial charge in [-0.25, -0.2) is 0 Å². The van der Waals surface area contributed by atoms with Crippen molar-refractivity contribution in [2.24, 2.45) is 10.8 Å². The third-order valence-corrected chi connectivity index (χ3v) is 4.92. The van der Waals surface area contributed by atoms with Crippen molar-refractivity contribution in [2.45, 2.75) is 33.7 Å². The zero-order valence-electron chi connectivity index (χ0n) is 9.96. The van der Waals surface area contributed by atoms with Gasteiger partial charge in [-0.1, -0.05) is 27.7 Å². The number of rotatable bonds is 2. The van der Waals surface area contributed by atoms with E-state index in [-0.39, 0.29) is 10.8 Å². The smallest absolute Gasteiger partial charge is 0.157 e. The number of nitriles is 1. The molecule has 0 amide bonds. The Balaban J connectivity index is 2.22. The van der Waals surface area contributed by atoms with Crippen molar-refractivity contribution in [1.29, 1.82) is 5.26 Å². The number of nitrogens with zero attached hydrogens (tertiary/aromatic N) is 2. The maximum atomic E-state index is 8.98. The van der Waals surface area contributed by atoms with Gasteiger partial charge in [0.1, 0.15) is 16.6 Å². The van der Waals surface area contributed by atoms with Crippen LogP contribution in [0.15, 0.2) is 0 Å². The molecule has 0 radical (unpaired) electrons. The van der Waals surface area contributed by atoms with E-state index in [1.165, 1.54) is 11.5 Å². The van der Waals surface area contributed by atoms with Crippen LogP contribution in [0.5, 0.6) is 0 Å². The van der Waals surface area contributed by atoms with Crippen LogP contribution < -0.4 is 11.1 Å². The van der Waals surface area contributed by atoms with Gasteiger partial charge < -0.3 is 11.1 Å². The Morgan fingerprint density at radius 2 is 1.94 bits per heavy atom. The summed E-state index contributed by atoms with van der Waals surface area (Å²) in [4.78, 5) is 0. The highest BCUT2D eigenvalue weighted by Crippen LogP contribution is 2.64. The average molecular weight is 236 g/mol. The van der Waals surface area contributed by atoms with Gasteiger partial charge in [-0.2, -0.15) is 9.64 Å². The summed E-state index contributed by atoms with van der Waals surface area (Å²) in [6.07, 6.45) is 0. The average Bonchev–Trinajstić information content (AvgIpc) is 2.48. The number of nitrogen functional groups attached to an aromatic ring is 1. The molecule has 16 heavy (non-hydrogen) atoms. The molecular formula is C11H16N4S. The van der Waals surface area contributed by atoms with Crippen LogP contribution in [0, 0.1) is 22.2 Å². The zero-order chi connectivity index (χ0) is 12.1. The Morgan fingerprint density at radius 1 is 1.38 bits per heavy atom. The first-order valence-electron chi connectivity index (χ1n) is 5.24. The van der Waals surface area contributed by atoms with Gasteiger partial charge in [0.05, 0.1) is 0 Å². The molecule has 0 saturated heterocycles. The highest BCUT2D eigenvalue weighted by Gasteiger charge is 2.65. The van der Waals surface area contributed by atoms with Crippen molar-refractivity contribution in [3.63, 3.8) is 0 Å². The molecule has 0 bridgehead atoms. The molecule has 1 saturated carbocycles. The molecule has 1 aliphatic rings. The van der Waals surface area contributed by atoms with Crippen LogP contribution in [0.1, 0.15) is 33.3 Å². The fourth-order valence-corrected chi connectivity index (χ4v) is 2.89. The molecule has 0 spiro atoms. The number of nitrogens with one attached hydrogen (secondary N) is 1. The molecule has 3 N–H and O–H groups in total. The fraction of sp³-hybridized carbons (Fsp3) is 0.636. The van der Waals surface area contributed by atoms with E-state index in [1.54, 1.807) is 0 Å². The third kappa shape index (κ3) is 1.30. The zero-order valence-corrected chi connectivity index (χ0v) is 10.8. The van der Waals surface area contributed by atoms with Crippen LogP contribution >= 0.6 is 11.5 Å². The highest BCUT2D eigenvalue weighted by atomic mass is 32.1. The topological polar surface area (TPSA) is 74.7 Å². The maximum Gasteiger partial charge on any atom is 0.157 e. The summed E-state index contributed by atoms with van der Waals surface area (Å²) in [6.45, 7) is 8.89. The Kier molecular flexibility index (Phi) is 2.18. The molecule has 1 aromatic rings. The van der Waals surface area contributed by atoms with Crippen molar-refractivity contribution >= 4 is 22.4 Å². The minimum Gasteiger partial charge on any atom is -0.382 e. The fourth-order valence-electron chi connectivity index (χ4n) is 2.20. The number of hydrogen-bond acceptors (Lipinski definition) is 5. The Labute approximate surface area is 99.6 Å². The summed E-state index contributed by atoms with van der Waals surface area (Å²) >= 11 is 1.26. The molecule has 4 nitrogen and oxygen atoms in total. The number of aromatic nitrogens is 1. The number of nitrogens with two attached hydrogens (primary N) is 1. The van der Waals surface area contributed by atoms with Gasteiger partial charge in [-0.05, 0) is 22.4 Å². The van der Waals surface area contributed by atoms with E-state index in [0.717, 1.165) is 5.00 Å². The maximum absolute atomic E-state index is 8.98. The Morgan fingerprint density at radius 3 is 2.38 bits per heavy atom. The van der Waals surface area contributed by atoms with Gasteiger partial charge in [0.25, 0.3) is 0 Å². The molecule has 0 atom stereocenters. The molecule has 2 rings (SSSR count). The first kappa shape index (κ1) is 11.2. The van der Waals surface area contributed by atoms with E-state index < -0.39 is 0 Å². The standard InChI is InChI=1S/C11H16N4S/c1-10(2)9(11(10,3)4)14-8-6(5-12)7(13)15-16-8/h9,14H,1-4H3,(H2,13,15). The summed E-state index contributed by atoms with van der Waals surface area (Å²) < 4.78 is 4.00.